The summed E-state index contributed by atoms with van der Waals surface area (Å²) in [5.41, 5.74) is 0.373. The minimum atomic E-state index is -0.127. The molecule has 0 saturated carbocycles. The summed E-state index contributed by atoms with van der Waals surface area (Å²) in [7, 11) is 0. The normalized spacial score (nSPS) is 19.0. The van der Waals surface area contributed by atoms with E-state index in [1.54, 1.807) is 15.2 Å². The maximum Gasteiger partial charge on any atom is 0.273 e. The number of hydrogen-bond donors (Lipinski definition) is 0. The first-order valence-corrected chi connectivity index (χ1v) is 7.66. The zero-order chi connectivity index (χ0) is 14.7. The van der Waals surface area contributed by atoms with Gasteiger partial charge in [-0.3, -0.25) is 9.59 Å². The van der Waals surface area contributed by atoms with Gasteiger partial charge in [0.1, 0.15) is 5.69 Å². The number of hydrogen-bond acceptors (Lipinski definition) is 4. The molecular weight excluding hydrogens is 298 g/mol. The van der Waals surface area contributed by atoms with Gasteiger partial charge < -0.3 is 9.80 Å². The van der Waals surface area contributed by atoms with Gasteiger partial charge in [-0.05, 0) is 12.5 Å². The van der Waals surface area contributed by atoms with Gasteiger partial charge in [-0.2, -0.15) is 0 Å². The Kier molecular flexibility index (Phi) is 4.77. The lowest BCUT2D eigenvalue weighted by molar-refractivity contribution is -0.130. The van der Waals surface area contributed by atoms with Gasteiger partial charge in [0, 0.05) is 31.1 Å². The molecule has 7 heteroatoms. The lowest BCUT2D eigenvalue weighted by Crippen LogP contribution is -2.56. The molecule has 0 aliphatic carbocycles. The highest BCUT2D eigenvalue weighted by Crippen LogP contribution is 2.19. The van der Waals surface area contributed by atoms with Crippen molar-refractivity contribution in [3.05, 3.63) is 28.2 Å². The van der Waals surface area contributed by atoms with Crippen LogP contribution in [-0.4, -0.2) is 52.3 Å². The average molecular weight is 314 g/mol. The maximum atomic E-state index is 12.3. The minimum absolute atomic E-state index is 0.0207. The summed E-state index contributed by atoms with van der Waals surface area (Å²) in [6.45, 7) is 7.06. The van der Waals surface area contributed by atoms with Crippen molar-refractivity contribution in [1.82, 2.24) is 14.8 Å². The predicted molar refractivity (Wildman–Crippen MR) is 79.0 cm³/mol. The van der Waals surface area contributed by atoms with E-state index in [-0.39, 0.29) is 17.9 Å². The van der Waals surface area contributed by atoms with Crippen molar-refractivity contribution < 1.29 is 9.59 Å². The molecule has 0 aromatic carbocycles. The van der Waals surface area contributed by atoms with Gasteiger partial charge in [-0.1, -0.05) is 25.1 Å². The number of thiazole rings is 1. The molecule has 0 N–H and O–H groups in total. The molecule has 1 fully saturated rings. The monoisotopic (exact) mass is 313 g/mol. The molecule has 2 amide bonds. The van der Waals surface area contributed by atoms with E-state index in [1.807, 2.05) is 6.92 Å². The second kappa shape index (κ2) is 6.37. The third kappa shape index (κ3) is 3.02. The number of carbonyl (C=O) groups is 2. The highest BCUT2D eigenvalue weighted by Gasteiger charge is 2.31. The highest BCUT2D eigenvalue weighted by atomic mass is 35.5. The fraction of sp³-hybridized carbons (Fsp3) is 0.462. The zero-order valence-corrected chi connectivity index (χ0v) is 12.8. The molecule has 0 bridgehead atoms. The Morgan fingerprint density at radius 1 is 1.60 bits per heavy atom. The second-order valence-electron chi connectivity index (χ2n) is 4.53. The van der Waals surface area contributed by atoms with E-state index >= 15 is 0 Å². The third-order valence-electron chi connectivity index (χ3n) is 3.39. The summed E-state index contributed by atoms with van der Waals surface area (Å²) >= 11 is 7.00. The van der Waals surface area contributed by atoms with Gasteiger partial charge in [-0.15, -0.1) is 11.3 Å². The van der Waals surface area contributed by atoms with Crippen LogP contribution in [0.3, 0.4) is 0 Å². The number of halogens is 1. The quantitative estimate of drug-likeness (QED) is 0.803. The molecule has 1 saturated heterocycles. The summed E-state index contributed by atoms with van der Waals surface area (Å²) in [4.78, 5) is 31.6. The SMILES string of the molecule is C=CC(=O)N1CCN(C(=O)c2csc(Cl)n2)C[C@@H]1CC. The topological polar surface area (TPSA) is 53.5 Å². The molecule has 1 aromatic heterocycles. The van der Waals surface area contributed by atoms with Crippen LogP contribution in [0.2, 0.25) is 4.47 Å². The van der Waals surface area contributed by atoms with Crippen LogP contribution >= 0.6 is 22.9 Å². The van der Waals surface area contributed by atoms with Crippen molar-refractivity contribution in [3.63, 3.8) is 0 Å². The fourth-order valence-electron chi connectivity index (χ4n) is 2.31. The Morgan fingerprint density at radius 3 is 2.90 bits per heavy atom. The zero-order valence-electron chi connectivity index (χ0n) is 11.2. The highest BCUT2D eigenvalue weighted by molar-refractivity contribution is 7.14. The van der Waals surface area contributed by atoms with Crippen molar-refractivity contribution >= 4 is 34.8 Å². The third-order valence-corrected chi connectivity index (χ3v) is 4.37. The van der Waals surface area contributed by atoms with E-state index in [1.165, 1.54) is 17.4 Å². The van der Waals surface area contributed by atoms with Crippen LogP contribution in [0.25, 0.3) is 0 Å². The van der Waals surface area contributed by atoms with Gasteiger partial charge in [0.2, 0.25) is 5.91 Å². The predicted octanol–water partition coefficient (Wildman–Crippen LogP) is 2.05. The summed E-state index contributed by atoms with van der Waals surface area (Å²) in [5.74, 6) is -0.210. The smallest absolute Gasteiger partial charge is 0.273 e. The molecule has 0 unspecified atom stereocenters. The number of rotatable bonds is 3. The largest absolute Gasteiger partial charge is 0.333 e. The molecule has 2 heterocycles. The molecule has 5 nitrogen and oxygen atoms in total. The van der Waals surface area contributed by atoms with Crippen molar-refractivity contribution in [1.29, 1.82) is 0 Å². The van der Waals surface area contributed by atoms with E-state index in [9.17, 15) is 9.59 Å². The van der Waals surface area contributed by atoms with Crippen LogP contribution in [0.5, 0.6) is 0 Å². The van der Waals surface area contributed by atoms with Crippen molar-refractivity contribution in [2.45, 2.75) is 19.4 Å². The molecule has 20 heavy (non-hydrogen) atoms. The van der Waals surface area contributed by atoms with Crippen LogP contribution in [0.1, 0.15) is 23.8 Å². The molecule has 1 aromatic rings. The number of carbonyl (C=O) groups excluding carboxylic acids is 2. The molecule has 2 rings (SSSR count). The van der Waals surface area contributed by atoms with Crippen molar-refractivity contribution in [2.24, 2.45) is 0 Å². The standard InChI is InChI=1S/C13H16ClN3O2S/c1-3-9-7-16(5-6-17(9)11(18)4-2)12(19)10-8-20-13(14)15-10/h4,8-9H,2-3,5-7H2,1H3/t9-/m0/s1. The molecule has 108 valence electrons. The maximum absolute atomic E-state index is 12.3. The Bertz CT molecular complexity index is 531. The number of nitrogens with zero attached hydrogens (tertiary/aromatic N) is 3. The van der Waals surface area contributed by atoms with Crippen LogP contribution in [0.4, 0.5) is 0 Å². The van der Waals surface area contributed by atoms with Crippen LogP contribution < -0.4 is 0 Å². The summed E-state index contributed by atoms with van der Waals surface area (Å²) in [6, 6.07) is 0.0207. The van der Waals surface area contributed by atoms with E-state index in [4.69, 9.17) is 11.6 Å². The molecule has 1 aliphatic rings. The Morgan fingerprint density at radius 2 is 2.35 bits per heavy atom. The first-order chi connectivity index (χ1) is 9.56. The molecule has 0 spiro atoms. The number of piperazine rings is 1. The van der Waals surface area contributed by atoms with Crippen LogP contribution in [0, 0.1) is 0 Å². The van der Waals surface area contributed by atoms with Crippen molar-refractivity contribution in [3.8, 4) is 0 Å². The van der Waals surface area contributed by atoms with Gasteiger partial charge >= 0.3 is 0 Å². The van der Waals surface area contributed by atoms with Gasteiger partial charge in [0.05, 0.1) is 0 Å². The van der Waals surface area contributed by atoms with Gasteiger partial charge in [-0.25, -0.2) is 4.98 Å². The molecule has 0 radical (unpaired) electrons. The lowest BCUT2D eigenvalue weighted by atomic mass is 10.1. The molecule has 1 atom stereocenters. The van der Waals surface area contributed by atoms with Gasteiger partial charge in [0.25, 0.3) is 5.91 Å². The summed E-state index contributed by atoms with van der Waals surface area (Å²) in [6.07, 6.45) is 2.11. The molecular formula is C13H16ClN3O2S. The van der Waals surface area contributed by atoms with Crippen LogP contribution in [-0.2, 0) is 4.79 Å². The van der Waals surface area contributed by atoms with E-state index in [0.29, 0.717) is 29.8 Å². The number of aromatic nitrogens is 1. The summed E-state index contributed by atoms with van der Waals surface area (Å²) in [5, 5.41) is 1.66. The van der Waals surface area contributed by atoms with E-state index < -0.39 is 0 Å². The molecule has 1 aliphatic heterocycles. The first kappa shape index (κ1) is 15.0. The van der Waals surface area contributed by atoms with E-state index in [0.717, 1.165) is 6.42 Å². The summed E-state index contributed by atoms with van der Waals surface area (Å²) < 4.78 is 0.362. The fourth-order valence-corrected chi connectivity index (χ4v) is 3.05. The second-order valence-corrected chi connectivity index (χ2v) is 5.97. The minimum Gasteiger partial charge on any atom is -0.333 e. The van der Waals surface area contributed by atoms with Gasteiger partial charge in [0.15, 0.2) is 4.47 Å². The van der Waals surface area contributed by atoms with Crippen LogP contribution in [0.15, 0.2) is 18.0 Å². The Balaban J connectivity index is 2.08. The van der Waals surface area contributed by atoms with E-state index in [2.05, 4.69) is 11.6 Å². The number of amides is 2. The van der Waals surface area contributed by atoms with Crippen molar-refractivity contribution in [2.75, 3.05) is 19.6 Å². The average Bonchev–Trinajstić information content (AvgIpc) is 2.91. The Hall–Kier alpha value is -1.40. The Labute approximate surface area is 126 Å². The first-order valence-electron chi connectivity index (χ1n) is 6.40. The lowest BCUT2D eigenvalue weighted by Gasteiger charge is -2.40.